The van der Waals surface area contributed by atoms with Crippen LogP contribution in [0.2, 0.25) is 0 Å². The van der Waals surface area contributed by atoms with E-state index >= 15 is 0 Å². The molecule has 4 aromatic rings. The van der Waals surface area contributed by atoms with Gasteiger partial charge in [-0.3, -0.25) is 28.8 Å². The third kappa shape index (κ3) is 27.5. The number of benzene rings is 4. The maximum Gasteiger partial charge on any atom is 0.255 e. The van der Waals surface area contributed by atoms with Gasteiger partial charge in [0.2, 0.25) is 11.8 Å². The number of aliphatic hydroxyl groups excluding tert-OH is 1. The highest BCUT2D eigenvalue weighted by atomic mass is 16.5. The largest absolute Gasteiger partial charge is 0.493 e. The van der Waals surface area contributed by atoms with Crippen molar-refractivity contribution < 1.29 is 62.3 Å². The molecule has 3 saturated heterocycles. The van der Waals surface area contributed by atoms with Gasteiger partial charge in [0, 0.05) is 165 Å². The normalized spacial score (nSPS) is 18.7. The van der Waals surface area contributed by atoms with Crippen molar-refractivity contribution >= 4 is 35.4 Å². The van der Waals surface area contributed by atoms with E-state index < -0.39 is 11.6 Å². The van der Waals surface area contributed by atoms with E-state index in [4.69, 9.17) is 28.4 Å². The van der Waals surface area contributed by atoms with Crippen LogP contribution in [-0.2, 0) is 41.4 Å². The van der Waals surface area contributed by atoms with Crippen LogP contribution in [0.15, 0.2) is 72.8 Å². The quantitative estimate of drug-likeness (QED) is 0.0194. The van der Waals surface area contributed by atoms with E-state index in [0.717, 1.165) is 130 Å². The molecule has 3 aliphatic heterocycles. The highest BCUT2D eigenvalue weighted by Gasteiger charge is 2.41. The van der Waals surface area contributed by atoms with Gasteiger partial charge in [0.05, 0.1) is 19.8 Å². The smallest absolute Gasteiger partial charge is 0.255 e. The molecule has 7 atom stereocenters. The number of nitrogens with one attached hydrogen (secondary N) is 7. The van der Waals surface area contributed by atoms with E-state index in [2.05, 4.69) is 51.1 Å². The lowest BCUT2D eigenvalue weighted by Gasteiger charge is -2.32. The first-order valence-corrected chi connectivity index (χ1v) is 38.6. The second-order valence-corrected chi connectivity index (χ2v) is 30.9. The van der Waals surface area contributed by atoms with Crippen molar-refractivity contribution in [2.24, 2.45) is 35.5 Å². The Morgan fingerprint density at radius 3 is 1.51 bits per heavy atom. The fourth-order valence-electron chi connectivity index (χ4n) is 14.4. The number of methoxy groups -OCH3 is 3. The molecule has 4 fully saturated rings. The summed E-state index contributed by atoms with van der Waals surface area (Å²) in [5.74, 6) is 3.67. The van der Waals surface area contributed by atoms with Crippen LogP contribution in [0.25, 0.3) is 0 Å². The van der Waals surface area contributed by atoms with E-state index in [1.54, 1.807) is 45.4 Å². The average Bonchev–Trinajstić information content (AvgIpc) is 1.38. The number of nitrogens with zero attached hydrogens (tertiary/aromatic N) is 3. The first-order valence-electron chi connectivity index (χ1n) is 38.6. The molecule has 23 heteroatoms. The molecule has 0 spiro atoms. The lowest BCUT2D eigenvalue weighted by atomic mass is 9.86. The number of carbonyl (C=O) groups excluding carboxylic acids is 6. The predicted molar refractivity (Wildman–Crippen MR) is 418 cm³/mol. The van der Waals surface area contributed by atoms with E-state index in [1.807, 2.05) is 140 Å². The van der Waals surface area contributed by atoms with Crippen LogP contribution in [0.5, 0.6) is 17.2 Å². The van der Waals surface area contributed by atoms with Crippen molar-refractivity contribution in [3.63, 3.8) is 0 Å². The summed E-state index contributed by atoms with van der Waals surface area (Å²) in [7, 11) is 8.76. The molecule has 0 aromatic heterocycles. The maximum atomic E-state index is 13.5. The van der Waals surface area contributed by atoms with E-state index in [1.165, 1.54) is 6.92 Å². The minimum Gasteiger partial charge on any atom is -0.493 e. The zero-order valence-corrected chi connectivity index (χ0v) is 66.9. The predicted octanol–water partition coefficient (Wildman–Crippen LogP) is 8.66. The first-order chi connectivity index (χ1) is 50.6. The summed E-state index contributed by atoms with van der Waals surface area (Å²) >= 11 is 0. The molecule has 1 saturated carbocycles. The van der Waals surface area contributed by atoms with Gasteiger partial charge in [0.1, 0.15) is 17.2 Å². The molecule has 3 heterocycles. The molecule has 106 heavy (non-hydrogen) atoms. The third-order valence-electron chi connectivity index (χ3n) is 20.1. The van der Waals surface area contributed by atoms with Gasteiger partial charge in [0.25, 0.3) is 23.6 Å². The van der Waals surface area contributed by atoms with Crippen molar-refractivity contribution in [3.05, 3.63) is 123 Å². The van der Waals surface area contributed by atoms with E-state index in [9.17, 15) is 33.9 Å². The Labute approximate surface area is 633 Å². The van der Waals surface area contributed by atoms with Crippen molar-refractivity contribution in [1.29, 1.82) is 0 Å². The molecule has 0 radical (unpaired) electrons. The van der Waals surface area contributed by atoms with Gasteiger partial charge < -0.3 is 85.4 Å². The number of aliphatic hydroxyl groups is 1. The van der Waals surface area contributed by atoms with Gasteiger partial charge in [0.15, 0.2) is 6.10 Å². The Morgan fingerprint density at radius 1 is 0.585 bits per heavy atom. The van der Waals surface area contributed by atoms with Gasteiger partial charge in [-0.25, -0.2) is 0 Å². The summed E-state index contributed by atoms with van der Waals surface area (Å²) in [5, 5.41) is 33.4. The molecule has 8 N–H and O–H groups in total. The molecule has 590 valence electrons. The minimum atomic E-state index is -1.19. The first kappa shape index (κ1) is 87.7. The number of amides is 6. The van der Waals surface area contributed by atoms with Gasteiger partial charge >= 0.3 is 0 Å². The van der Waals surface area contributed by atoms with Crippen LogP contribution in [0.1, 0.15) is 171 Å². The summed E-state index contributed by atoms with van der Waals surface area (Å²) in [6.07, 6.45) is 4.79. The fraction of sp³-hybridized carbons (Fsp3) is 0.639. The number of hydrogen-bond donors (Lipinski definition) is 8. The average molecular weight is 1480 g/mol. The molecule has 6 amide bonds. The molecule has 4 aliphatic rings. The summed E-state index contributed by atoms with van der Waals surface area (Å²) in [5.41, 5.74) is 6.82. The number of aryl methyl sites for hydroxylation is 3. The molecule has 1 aliphatic carbocycles. The van der Waals surface area contributed by atoms with E-state index in [0.29, 0.717) is 99.7 Å². The van der Waals surface area contributed by atoms with Crippen molar-refractivity contribution in [3.8, 4) is 17.2 Å². The topological polar surface area (TPSA) is 272 Å². The van der Waals surface area contributed by atoms with Crippen molar-refractivity contribution in [2.75, 3.05) is 141 Å². The number of carbonyl (C=O) groups is 6. The van der Waals surface area contributed by atoms with Crippen LogP contribution < -0.4 is 51.4 Å². The summed E-state index contributed by atoms with van der Waals surface area (Å²) in [6, 6.07) is 22.9. The molecule has 8 rings (SSSR count). The Hall–Kier alpha value is -7.22. The number of likely N-dealkylation sites (N-methyl/N-ethyl adjacent to an activating group) is 1. The number of hydrogen-bond acceptors (Lipinski definition) is 17. The third-order valence-corrected chi connectivity index (χ3v) is 20.1. The molecule has 4 aromatic carbocycles. The molecule has 23 nitrogen and oxygen atoms in total. The highest BCUT2D eigenvalue weighted by Crippen LogP contribution is 2.37. The standard InChI is InChI=1S/C31H50N4O5.C30H43N3O5.C22H37N3O3/c1-20(2)33-30(38)26-12-9-21(3)29(40-14-8-13-39-7)27(26)15-23-17-32-18-24(23)19-35(25-10-11-25)28(37)16-31(5,6)34-22(4)36;1-20(2)32-29(35)25-13-12-21(3)28(38-15-9-14-37-5)26(25)16-23-17-31-18-24(23)19-33(4)30(36)27(34)22-10-7-6-8-11-22;1-16(2)25(15-20-14-24-13-19(20)12-23-4)22(26)18-8-7-17(3)21(11-18)28-10-6-9-27-5/h9,12,20,23-25,32H,8,10-11,13-19H2,1-7H3,(H,33,38)(H,34,36);6-8,10-13,20,23-24,27,31,34H,9,14-19H2,1-5H3,(H,32,35);7-8,11,16,19-20,23-24H,6,9-10,12-15H2,1-5H3/t23-,24+;23-,24+,27+;19-,20-/m110/s1. The van der Waals surface area contributed by atoms with Crippen LogP contribution >= 0.6 is 0 Å². The van der Waals surface area contributed by atoms with Crippen LogP contribution in [0, 0.1) is 56.3 Å². The van der Waals surface area contributed by atoms with Crippen LogP contribution in [0.3, 0.4) is 0 Å². The molecule has 0 bridgehead atoms. The number of ether oxygens (including phenoxy) is 6. The van der Waals surface area contributed by atoms with Crippen LogP contribution in [-0.4, -0.2) is 225 Å². The van der Waals surface area contributed by atoms with E-state index in [-0.39, 0.29) is 89.7 Å². The minimum absolute atomic E-state index is 0.0133. The Balaban J connectivity index is 0.000000253. The summed E-state index contributed by atoms with van der Waals surface area (Å²) in [4.78, 5) is 83.5. The van der Waals surface area contributed by atoms with Gasteiger partial charge in [-0.05, 0) is 230 Å². The lowest BCUT2D eigenvalue weighted by molar-refractivity contribution is -0.140. The second-order valence-electron chi connectivity index (χ2n) is 30.9. The Kier molecular flexibility index (Phi) is 36.6. The van der Waals surface area contributed by atoms with Crippen LogP contribution in [0.4, 0.5) is 0 Å². The zero-order valence-electron chi connectivity index (χ0n) is 66.9. The highest BCUT2D eigenvalue weighted by molar-refractivity contribution is 5.98. The Bertz CT molecular complexity index is 3400. The summed E-state index contributed by atoms with van der Waals surface area (Å²) in [6.45, 7) is 34.8. The van der Waals surface area contributed by atoms with Gasteiger partial charge in [-0.15, -0.1) is 0 Å². The van der Waals surface area contributed by atoms with Gasteiger partial charge in [-0.2, -0.15) is 0 Å². The monoisotopic (exact) mass is 1470 g/mol. The summed E-state index contributed by atoms with van der Waals surface area (Å²) < 4.78 is 33.8. The maximum absolute atomic E-state index is 13.5. The SMILES string of the molecule is CNC[C@H]1CNC[C@H]1CN(C(=O)c1ccc(C)c(OCCCOC)c1)C(C)C.COCCCOc1c(C)ccc(C(=O)NC(C)C)c1C[C@@H]1CNC[C@H]1CN(C(=O)CC(C)(C)NC(C)=O)C1CC1.COCCCOc1c(C)ccc(C(=O)NC(C)C)c1C[C@@H]1CNC[C@H]1CN(C)C(=O)[C@@H](O)c1ccccc1. The van der Waals surface area contributed by atoms with Crippen molar-refractivity contribution in [1.82, 2.24) is 51.9 Å². The zero-order chi connectivity index (χ0) is 77.6. The van der Waals surface area contributed by atoms with Crippen molar-refractivity contribution in [2.45, 2.75) is 170 Å². The number of rotatable bonds is 39. The molecular weight excluding hydrogens is 1340 g/mol. The van der Waals surface area contributed by atoms with Gasteiger partial charge in [-0.1, -0.05) is 48.5 Å². The fourth-order valence-corrected chi connectivity index (χ4v) is 14.4. The molecular formula is C83H130N10O13. The Morgan fingerprint density at radius 2 is 1.05 bits per heavy atom. The molecule has 0 unspecified atom stereocenters. The second kappa shape index (κ2) is 44.3. The lowest BCUT2D eigenvalue weighted by Crippen LogP contribution is -2.48.